The molecule has 52 heavy (non-hydrogen) atoms. The summed E-state index contributed by atoms with van der Waals surface area (Å²) < 4.78 is 55.2. The van der Waals surface area contributed by atoms with Crippen molar-refractivity contribution in [3.63, 3.8) is 0 Å². The standard InChI is InChI=1S/C38H38O14/c1-43-21-11-19(12-22(15-21)44-2)29(39)31(41)27-17-25(33(47-5)37(51-9)35(27)49-7)26-18-28(36(50-8)38(52-10)34(26)48-6)32(42)30(40)20-13-23(45-3)16-24(14-20)46-4/h11-18H,1-10H3. The third-order valence-corrected chi connectivity index (χ3v) is 8.02. The molecule has 0 aliphatic carbocycles. The van der Waals surface area contributed by atoms with Crippen LogP contribution >= 0.6 is 0 Å². The van der Waals surface area contributed by atoms with Crippen LogP contribution in [-0.4, -0.2) is 94.2 Å². The molecule has 0 aliphatic heterocycles. The lowest BCUT2D eigenvalue weighted by Crippen LogP contribution is -2.17. The number of carbonyl (C=O) groups is 4. The molecule has 14 nitrogen and oxygen atoms in total. The summed E-state index contributed by atoms with van der Waals surface area (Å²) in [5, 5.41) is 0. The fourth-order valence-corrected chi connectivity index (χ4v) is 5.55. The van der Waals surface area contributed by atoms with Crippen molar-refractivity contribution in [3.8, 4) is 68.6 Å². The van der Waals surface area contributed by atoms with E-state index in [2.05, 4.69) is 0 Å². The number of ketones is 4. The minimum Gasteiger partial charge on any atom is -0.497 e. The molecular weight excluding hydrogens is 680 g/mol. The maximum absolute atomic E-state index is 14.1. The number of methoxy groups -OCH3 is 10. The van der Waals surface area contributed by atoms with Crippen LogP contribution in [0.2, 0.25) is 0 Å². The van der Waals surface area contributed by atoms with Crippen molar-refractivity contribution < 1.29 is 66.5 Å². The van der Waals surface area contributed by atoms with E-state index in [4.69, 9.17) is 47.4 Å². The first kappa shape index (κ1) is 38.4. The van der Waals surface area contributed by atoms with Crippen molar-refractivity contribution in [2.45, 2.75) is 0 Å². The van der Waals surface area contributed by atoms with Gasteiger partial charge in [-0.1, -0.05) is 0 Å². The van der Waals surface area contributed by atoms with Gasteiger partial charge < -0.3 is 47.4 Å². The Hall–Kier alpha value is -6.44. The molecule has 0 amide bonds. The lowest BCUT2D eigenvalue weighted by atomic mass is 9.91. The van der Waals surface area contributed by atoms with Gasteiger partial charge in [-0.3, -0.25) is 19.2 Å². The van der Waals surface area contributed by atoms with Gasteiger partial charge in [0.15, 0.2) is 23.0 Å². The van der Waals surface area contributed by atoms with Crippen LogP contribution in [0.25, 0.3) is 11.1 Å². The third-order valence-electron chi connectivity index (χ3n) is 8.02. The SMILES string of the molecule is COc1cc(OC)cc(C(=O)C(=O)c2cc(-c3cc(C(=O)C(=O)c4cc(OC)cc(OC)c4)c(OC)c(OC)c3OC)c(OC)c(OC)c2OC)c1. The van der Waals surface area contributed by atoms with Crippen LogP contribution in [0.1, 0.15) is 41.4 Å². The Kier molecular flexibility index (Phi) is 12.2. The van der Waals surface area contributed by atoms with Crippen LogP contribution < -0.4 is 47.4 Å². The van der Waals surface area contributed by atoms with E-state index >= 15 is 0 Å². The summed E-state index contributed by atoms with van der Waals surface area (Å²) in [4.78, 5) is 55.7. The number of Topliss-reactive ketones (excluding diaryl/α,β-unsaturated/α-hetero) is 4. The van der Waals surface area contributed by atoms with Gasteiger partial charge in [-0.05, 0) is 36.4 Å². The minimum atomic E-state index is -0.993. The molecule has 0 aliphatic rings. The predicted molar refractivity (Wildman–Crippen MR) is 188 cm³/mol. The topological polar surface area (TPSA) is 161 Å². The summed E-state index contributed by atoms with van der Waals surface area (Å²) in [5.74, 6) is -3.02. The van der Waals surface area contributed by atoms with Crippen LogP contribution in [-0.2, 0) is 0 Å². The molecule has 0 spiro atoms. The molecule has 0 saturated heterocycles. The molecule has 0 bridgehead atoms. The van der Waals surface area contributed by atoms with Gasteiger partial charge >= 0.3 is 0 Å². The highest BCUT2D eigenvalue weighted by molar-refractivity contribution is 6.50. The second-order valence-electron chi connectivity index (χ2n) is 10.7. The van der Waals surface area contributed by atoms with E-state index in [0.717, 1.165) is 0 Å². The Morgan fingerprint density at radius 2 is 0.577 bits per heavy atom. The van der Waals surface area contributed by atoms with E-state index in [-0.39, 0.29) is 90.9 Å². The van der Waals surface area contributed by atoms with E-state index in [9.17, 15) is 19.2 Å². The summed E-state index contributed by atoms with van der Waals surface area (Å²) in [6.45, 7) is 0. The molecule has 14 heteroatoms. The Bertz CT molecular complexity index is 1840. The van der Waals surface area contributed by atoms with Gasteiger partial charge in [-0.25, -0.2) is 0 Å². The van der Waals surface area contributed by atoms with Gasteiger partial charge in [0, 0.05) is 34.4 Å². The number of hydrogen-bond donors (Lipinski definition) is 0. The lowest BCUT2D eigenvalue weighted by molar-refractivity contribution is 0.0814. The normalized spacial score (nSPS) is 10.4. The number of ether oxygens (including phenoxy) is 10. The molecule has 0 atom stereocenters. The second kappa shape index (κ2) is 16.5. The molecule has 0 heterocycles. The number of carbonyl (C=O) groups excluding carboxylic acids is 4. The van der Waals surface area contributed by atoms with E-state index in [0.29, 0.717) is 0 Å². The van der Waals surface area contributed by atoms with E-state index < -0.39 is 23.1 Å². The zero-order valence-electron chi connectivity index (χ0n) is 30.3. The molecule has 0 unspecified atom stereocenters. The Morgan fingerprint density at radius 3 is 0.808 bits per heavy atom. The first-order valence-electron chi connectivity index (χ1n) is 15.3. The highest BCUT2D eigenvalue weighted by Crippen LogP contribution is 2.53. The van der Waals surface area contributed by atoms with Crippen LogP contribution in [0.4, 0.5) is 0 Å². The van der Waals surface area contributed by atoms with Crippen LogP contribution in [0.15, 0.2) is 48.5 Å². The maximum atomic E-state index is 14.1. The number of benzene rings is 4. The van der Waals surface area contributed by atoms with Crippen molar-refractivity contribution in [1.82, 2.24) is 0 Å². The van der Waals surface area contributed by atoms with Crippen molar-refractivity contribution >= 4 is 23.1 Å². The fraction of sp³-hybridized carbons (Fsp3) is 0.263. The van der Waals surface area contributed by atoms with E-state index in [1.807, 2.05) is 0 Å². The van der Waals surface area contributed by atoms with Crippen molar-refractivity contribution in [3.05, 3.63) is 70.8 Å². The summed E-state index contributed by atoms with van der Waals surface area (Å²) in [6, 6.07) is 11.3. The molecule has 0 saturated carbocycles. The van der Waals surface area contributed by atoms with E-state index in [1.54, 1.807) is 12.1 Å². The van der Waals surface area contributed by atoms with Gasteiger partial charge in [-0.15, -0.1) is 0 Å². The highest BCUT2D eigenvalue weighted by atomic mass is 16.5. The summed E-state index contributed by atoms with van der Waals surface area (Å²) in [7, 11) is 13.5. The van der Waals surface area contributed by atoms with Crippen molar-refractivity contribution in [2.24, 2.45) is 0 Å². The van der Waals surface area contributed by atoms with Crippen LogP contribution in [0, 0.1) is 0 Å². The summed E-state index contributed by atoms with van der Waals surface area (Å²) >= 11 is 0. The number of hydrogen-bond acceptors (Lipinski definition) is 14. The molecule has 0 aromatic heterocycles. The molecule has 4 aromatic carbocycles. The molecule has 4 aromatic rings. The first-order valence-corrected chi connectivity index (χ1v) is 15.3. The zero-order chi connectivity index (χ0) is 38.3. The molecule has 0 radical (unpaired) electrons. The molecule has 274 valence electrons. The third kappa shape index (κ3) is 7.08. The molecular formula is C38H38O14. The smallest absolute Gasteiger partial charge is 0.237 e. The second-order valence-corrected chi connectivity index (χ2v) is 10.7. The Morgan fingerprint density at radius 1 is 0.308 bits per heavy atom. The summed E-state index contributed by atoms with van der Waals surface area (Å²) in [6.07, 6.45) is 0. The molecule has 4 rings (SSSR count). The zero-order valence-corrected chi connectivity index (χ0v) is 30.3. The fourth-order valence-electron chi connectivity index (χ4n) is 5.55. The quantitative estimate of drug-likeness (QED) is 0.0984. The maximum Gasteiger partial charge on any atom is 0.237 e. The average Bonchev–Trinajstić information content (AvgIpc) is 3.19. The predicted octanol–water partition coefficient (Wildman–Crippen LogP) is 5.57. The van der Waals surface area contributed by atoms with Gasteiger partial charge in [0.25, 0.3) is 0 Å². The van der Waals surface area contributed by atoms with E-state index in [1.165, 1.54) is 107 Å². The highest BCUT2D eigenvalue weighted by Gasteiger charge is 2.34. The lowest BCUT2D eigenvalue weighted by Gasteiger charge is -2.22. The largest absolute Gasteiger partial charge is 0.497 e. The van der Waals surface area contributed by atoms with Crippen molar-refractivity contribution in [1.29, 1.82) is 0 Å². The minimum absolute atomic E-state index is 0.0242. The van der Waals surface area contributed by atoms with Gasteiger partial charge in [0.1, 0.15) is 23.0 Å². The summed E-state index contributed by atoms with van der Waals surface area (Å²) in [5.41, 5.74) is -0.311. The molecule has 0 fully saturated rings. The molecule has 0 N–H and O–H groups in total. The first-order chi connectivity index (χ1) is 25.0. The van der Waals surface area contributed by atoms with Gasteiger partial charge in [0.05, 0.1) is 82.2 Å². The Labute approximate surface area is 299 Å². The monoisotopic (exact) mass is 718 g/mol. The van der Waals surface area contributed by atoms with Crippen LogP contribution in [0.3, 0.4) is 0 Å². The van der Waals surface area contributed by atoms with Gasteiger partial charge in [-0.2, -0.15) is 0 Å². The average molecular weight is 719 g/mol. The number of rotatable bonds is 17. The van der Waals surface area contributed by atoms with Crippen molar-refractivity contribution in [2.75, 3.05) is 71.1 Å². The van der Waals surface area contributed by atoms with Crippen LogP contribution in [0.5, 0.6) is 57.5 Å². The van der Waals surface area contributed by atoms with Gasteiger partial charge in [0.2, 0.25) is 34.6 Å². The Balaban J connectivity index is 2.04.